The molecule has 1 aromatic rings. The van der Waals surface area contributed by atoms with Crippen LogP contribution in [0.2, 0.25) is 0 Å². The molecule has 1 rings (SSSR count). The zero-order chi connectivity index (χ0) is 11.8. The Morgan fingerprint density at radius 3 is 2.88 bits per heavy atom. The first-order chi connectivity index (χ1) is 7.81. The lowest BCUT2D eigenvalue weighted by molar-refractivity contribution is 0.299. The predicted octanol–water partition coefficient (Wildman–Crippen LogP) is 1.62. The van der Waals surface area contributed by atoms with E-state index in [0.717, 1.165) is 23.3 Å². The van der Waals surface area contributed by atoms with E-state index in [-0.39, 0.29) is 13.2 Å². The van der Waals surface area contributed by atoms with Crippen molar-refractivity contribution in [3.63, 3.8) is 0 Å². The van der Waals surface area contributed by atoms with Crippen molar-refractivity contribution in [2.24, 2.45) is 5.16 Å². The summed E-state index contributed by atoms with van der Waals surface area (Å²) in [5.41, 5.74) is 2.19. The van der Waals surface area contributed by atoms with Gasteiger partial charge in [-0.2, -0.15) is 0 Å². The van der Waals surface area contributed by atoms with Gasteiger partial charge in [0.05, 0.1) is 6.21 Å². The lowest BCUT2D eigenvalue weighted by Gasteiger charge is -2.10. The van der Waals surface area contributed by atoms with Crippen LogP contribution in [0, 0.1) is 0 Å². The van der Waals surface area contributed by atoms with Crippen molar-refractivity contribution in [1.82, 2.24) is 0 Å². The molecule has 0 bridgehead atoms. The summed E-state index contributed by atoms with van der Waals surface area (Å²) in [6.07, 6.45) is 2.82. The Hall–Kier alpha value is -1.55. The summed E-state index contributed by atoms with van der Waals surface area (Å²) in [6, 6.07) is 5.84. The fraction of sp³-hybridized carbons (Fsp3) is 0.417. The standard InChI is InChI=1S/C12H17NO3/c1-2-11-9-10(5-7-14)3-4-12(11)16-8-6-13-15/h3-4,6,9,14-15H,2,5,7-8H2,1H3. The van der Waals surface area contributed by atoms with Gasteiger partial charge in [0.1, 0.15) is 12.4 Å². The van der Waals surface area contributed by atoms with Crippen LogP contribution in [0.15, 0.2) is 23.4 Å². The third-order valence-corrected chi connectivity index (χ3v) is 2.30. The molecule has 4 nitrogen and oxygen atoms in total. The van der Waals surface area contributed by atoms with Crippen molar-refractivity contribution < 1.29 is 15.1 Å². The SMILES string of the molecule is CCc1cc(CCO)ccc1OCC=NO. The Labute approximate surface area is 95.2 Å². The third-order valence-electron chi connectivity index (χ3n) is 2.30. The maximum absolute atomic E-state index is 8.85. The molecule has 0 unspecified atom stereocenters. The van der Waals surface area contributed by atoms with Crippen molar-refractivity contribution in [2.45, 2.75) is 19.8 Å². The molecule has 88 valence electrons. The van der Waals surface area contributed by atoms with E-state index >= 15 is 0 Å². The van der Waals surface area contributed by atoms with Crippen molar-refractivity contribution in [2.75, 3.05) is 13.2 Å². The van der Waals surface area contributed by atoms with E-state index < -0.39 is 0 Å². The fourth-order valence-corrected chi connectivity index (χ4v) is 1.49. The number of hydrogen-bond donors (Lipinski definition) is 2. The first-order valence-electron chi connectivity index (χ1n) is 5.33. The van der Waals surface area contributed by atoms with E-state index in [2.05, 4.69) is 5.16 Å². The van der Waals surface area contributed by atoms with E-state index in [1.165, 1.54) is 6.21 Å². The van der Waals surface area contributed by atoms with Gasteiger partial charge in [0, 0.05) is 6.61 Å². The summed E-state index contributed by atoms with van der Waals surface area (Å²) >= 11 is 0. The average Bonchev–Trinajstić information content (AvgIpc) is 2.31. The van der Waals surface area contributed by atoms with E-state index in [4.69, 9.17) is 15.1 Å². The first-order valence-corrected chi connectivity index (χ1v) is 5.33. The van der Waals surface area contributed by atoms with Gasteiger partial charge < -0.3 is 15.1 Å². The molecular weight excluding hydrogens is 206 g/mol. The summed E-state index contributed by atoms with van der Waals surface area (Å²) in [4.78, 5) is 0. The maximum atomic E-state index is 8.85. The van der Waals surface area contributed by atoms with Gasteiger partial charge in [-0.25, -0.2) is 0 Å². The van der Waals surface area contributed by atoms with E-state index in [0.29, 0.717) is 6.42 Å². The minimum Gasteiger partial charge on any atom is -0.488 e. The topological polar surface area (TPSA) is 62.0 Å². The second-order valence-corrected chi connectivity index (χ2v) is 3.38. The van der Waals surface area contributed by atoms with Gasteiger partial charge in [-0.3, -0.25) is 0 Å². The average molecular weight is 223 g/mol. The van der Waals surface area contributed by atoms with Gasteiger partial charge in [-0.05, 0) is 30.0 Å². The lowest BCUT2D eigenvalue weighted by atomic mass is 10.1. The Bertz CT molecular complexity index is 350. The van der Waals surface area contributed by atoms with E-state index in [9.17, 15) is 0 Å². The molecule has 0 aliphatic rings. The minimum absolute atomic E-state index is 0.153. The quantitative estimate of drug-likeness (QED) is 0.437. The highest BCUT2D eigenvalue weighted by molar-refractivity contribution is 5.58. The summed E-state index contributed by atoms with van der Waals surface area (Å²) in [7, 11) is 0. The molecule has 0 aliphatic carbocycles. The van der Waals surface area contributed by atoms with Gasteiger partial charge >= 0.3 is 0 Å². The highest BCUT2D eigenvalue weighted by atomic mass is 16.5. The number of hydrogen-bond acceptors (Lipinski definition) is 4. The Morgan fingerprint density at radius 2 is 2.25 bits per heavy atom. The first kappa shape index (κ1) is 12.5. The third kappa shape index (κ3) is 3.55. The van der Waals surface area contributed by atoms with E-state index in [1.807, 2.05) is 25.1 Å². The Morgan fingerprint density at radius 1 is 1.44 bits per heavy atom. The van der Waals surface area contributed by atoms with Crippen LogP contribution >= 0.6 is 0 Å². The Balaban J connectivity index is 2.75. The summed E-state index contributed by atoms with van der Waals surface area (Å²) in [5.74, 6) is 0.795. The molecule has 4 heteroatoms. The number of benzene rings is 1. The molecule has 0 aliphatic heterocycles. The monoisotopic (exact) mass is 223 g/mol. The number of oxime groups is 1. The molecule has 16 heavy (non-hydrogen) atoms. The van der Waals surface area contributed by atoms with Crippen molar-refractivity contribution in [1.29, 1.82) is 0 Å². The molecule has 0 saturated carbocycles. The van der Waals surface area contributed by atoms with Gasteiger partial charge in [-0.15, -0.1) is 0 Å². The van der Waals surface area contributed by atoms with Gasteiger partial charge in [0.25, 0.3) is 0 Å². The number of rotatable bonds is 6. The zero-order valence-electron chi connectivity index (χ0n) is 9.39. The molecule has 1 aromatic carbocycles. The summed E-state index contributed by atoms with van der Waals surface area (Å²) in [6.45, 7) is 2.45. The summed E-state index contributed by atoms with van der Waals surface area (Å²) < 4.78 is 5.43. The van der Waals surface area contributed by atoms with Crippen molar-refractivity contribution in [3.05, 3.63) is 29.3 Å². The van der Waals surface area contributed by atoms with Crippen LogP contribution in [0.1, 0.15) is 18.1 Å². The van der Waals surface area contributed by atoms with Crippen LogP contribution < -0.4 is 4.74 Å². The van der Waals surface area contributed by atoms with Crippen molar-refractivity contribution in [3.8, 4) is 5.75 Å². The highest BCUT2D eigenvalue weighted by Crippen LogP contribution is 2.20. The van der Waals surface area contributed by atoms with Crippen LogP contribution in [0.25, 0.3) is 0 Å². The van der Waals surface area contributed by atoms with Crippen LogP contribution in [0.5, 0.6) is 5.75 Å². The number of aliphatic hydroxyl groups excluding tert-OH is 1. The molecule has 0 radical (unpaired) electrons. The van der Waals surface area contributed by atoms with Crippen LogP contribution in [-0.4, -0.2) is 29.7 Å². The molecule has 0 atom stereocenters. The molecule has 0 fully saturated rings. The number of ether oxygens (including phenoxy) is 1. The largest absolute Gasteiger partial charge is 0.488 e. The summed E-state index contributed by atoms with van der Waals surface area (Å²) in [5, 5.41) is 20.0. The molecule has 0 aromatic heterocycles. The molecular formula is C12H17NO3. The van der Waals surface area contributed by atoms with Crippen LogP contribution in [-0.2, 0) is 12.8 Å². The second kappa shape index (κ2) is 6.85. The predicted molar refractivity (Wildman–Crippen MR) is 62.4 cm³/mol. The van der Waals surface area contributed by atoms with Gasteiger partial charge in [0.15, 0.2) is 0 Å². The smallest absolute Gasteiger partial charge is 0.127 e. The number of aliphatic hydroxyl groups is 1. The molecule has 0 heterocycles. The molecule has 0 saturated heterocycles. The lowest BCUT2D eigenvalue weighted by Crippen LogP contribution is -2.02. The van der Waals surface area contributed by atoms with Crippen LogP contribution in [0.4, 0.5) is 0 Å². The normalized spacial score (nSPS) is 10.9. The number of aryl methyl sites for hydroxylation is 1. The van der Waals surface area contributed by atoms with Crippen LogP contribution in [0.3, 0.4) is 0 Å². The number of nitrogens with zero attached hydrogens (tertiary/aromatic N) is 1. The van der Waals surface area contributed by atoms with Crippen molar-refractivity contribution >= 4 is 6.21 Å². The zero-order valence-corrected chi connectivity index (χ0v) is 9.39. The molecule has 0 spiro atoms. The minimum atomic E-state index is 0.153. The van der Waals surface area contributed by atoms with Gasteiger partial charge in [-0.1, -0.05) is 24.2 Å². The highest BCUT2D eigenvalue weighted by Gasteiger charge is 2.03. The fourth-order valence-electron chi connectivity index (χ4n) is 1.49. The van der Waals surface area contributed by atoms with E-state index in [1.54, 1.807) is 0 Å². The Kier molecular flexibility index (Phi) is 5.36. The molecule has 0 amide bonds. The molecule has 2 N–H and O–H groups in total. The van der Waals surface area contributed by atoms with Gasteiger partial charge in [0.2, 0.25) is 0 Å². The second-order valence-electron chi connectivity index (χ2n) is 3.38. The maximum Gasteiger partial charge on any atom is 0.127 e.